The summed E-state index contributed by atoms with van der Waals surface area (Å²) in [4.78, 5) is 0. The van der Waals surface area contributed by atoms with Gasteiger partial charge >= 0.3 is 6.18 Å². The second-order valence-electron chi connectivity index (χ2n) is 3.13. The Balaban J connectivity index is 2.85. The summed E-state index contributed by atoms with van der Waals surface area (Å²) in [6, 6.07) is 6.52. The van der Waals surface area contributed by atoms with E-state index in [1.807, 2.05) is 6.07 Å². The highest BCUT2D eigenvalue weighted by atomic mass is 19.4. The molecule has 0 atom stereocenters. The molecule has 0 aliphatic carbocycles. The Kier molecular flexibility index (Phi) is 3.20. The number of hydrogen-bond acceptors (Lipinski definition) is 2. The minimum Gasteiger partial charge on any atom is -0.375 e. The molecule has 0 saturated carbocycles. The minimum absolute atomic E-state index is 0.213. The molecule has 1 aromatic rings. The molecule has 0 aliphatic rings. The van der Waals surface area contributed by atoms with E-state index in [4.69, 9.17) is 5.26 Å². The molecule has 0 unspecified atom stereocenters. The van der Waals surface area contributed by atoms with E-state index in [9.17, 15) is 13.2 Å². The lowest BCUT2D eigenvalue weighted by atomic mass is 10.1. The van der Waals surface area contributed by atoms with Crippen LogP contribution in [0.25, 0.3) is 0 Å². The van der Waals surface area contributed by atoms with E-state index in [0.717, 1.165) is 5.56 Å². The number of alkyl halides is 3. The van der Waals surface area contributed by atoms with Crippen LogP contribution >= 0.6 is 0 Å². The third-order valence-electron chi connectivity index (χ3n) is 1.77. The van der Waals surface area contributed by atoms with Crippen LogP contribution in [0, 0.1) is 18.3 Å². The zero-order valence-electron chi connectivity index (χ0n) is 8.02. The first kappa shape index (κ1) is 11.4. The molecule has 1 N–H and O–H groups in total. The maximum Gasteiger partial charge on any atom is 0.405 e. The molecule has 0 fully saturated rings. The van der Waals surface area contributed by atoms with Crippen molar-refractivity contribution in [3.05, 3.63) is 29.3 Å². The number of benzene rings is 1. The van der Waals surface area contributed by atoms with Crippen LogP contribution < -0.4 is 5.32 Å². The summed E-state index contributed by atoms with van der Waals surface area (Å²) in [5.74, 6) is 0. The summed E-state index contributed by atoms with van der Waals surface area (Å²) in [7, 11) is 0. The number of halogens is 3. The fraction of sp³-hybridized carbons (Fsp3) is 0.300. The predicted octanol–water partition coefficient (Wildman–Crippen LogP) is 2.84. The van der Waals surface area contributed by atoms with Crippen molar-refractivity contribution in [2.24, 2.45) is 0 Å². The molecule has 15 heavy (non-hydrogen) atoms. The van der Waals surface area contributed by atoms with Gasteiger partial charge in [-0.15, -0.1) is 0 Å². The first-order valence-electron chi connectivity index (χ1n) is 4.24. The number of rotatable bonds is 2. The van der Waals surface area contributed by atoms with Crippen LogP contribution in [0.4, 0.5) is 18.9 Å². The average molecular weight is 214 g/mol. The lowest BCUT2D eigenvalue weighted by Gasteiger charge is -2.11. The topological polar surface area (TPSA) is 35.8 Å². The average Bonchev–Trinajstić information content (AvgIpc) is 2.14. The fourth-order valence-corrected chi connectivity index (χ4v) is 1.10. The molecule has 1 rings (SSSR count). The quantitative estimate of drug-likeness (QED) is 0.821. The SMILES string of the molecule is Cc1ccc(C#N)c(NCC(F)(F)F)c1. The molecule has 5 heteroatoms. The van der Waals surface area contributed by atoms with Gasteiger partial charge in [-0.25, -0.2) is 0 Å². The van der Waals surface area contributed by atoms with E-state index < -0.39 is 12.7 Å². The molecular formula is C10H9F3N2. The molecule has 0 heterocycles. The number of hydrogen-bond donors (Lipinski definition) is 1. The van der Waals surface area contributed by atoms with E-state index in [-0.39, 0.29) is 11.3 Å². The largest absolute Gasteiger partial charge is 0.405 e. The van der Waals surface area contributed by atoms with Crippen LogP contribution in [0.2, 0.25) is 0 Å². The van der Waals surface area contributed by atoms with Crippen LogP contribution in [0.3, 0.4) is 0 Å². The third kappa shape index (κ3) is 3.50. The van der Waals surface area contributed by atoms with E-state index >= 15 is 0 Å². The summed E-state index contributed by atoms with van der Waals surface area (Å²) in [5.41, 5.74) is 1.23. The zero-order chi connectivity index (χ0) is 11.5. The Bertz CT molecular complexity index is 391. The summed E-state index contributed by atoms with van der Waals surface area (Å²) in [5, 5.41) is 10.9. The predicted molar refractivity (Wildman–Crippen MR) is 50.4 cm³/mol. The maximum absolute atomic E-state index is 11.9. The Labute approximate surface area is 85.3 Å². The normalized spacial score (nSPS) is 10.9. The van der Waals surface area contributed by atoms with Gasteiger partial charge in [0.1, 0.15) is 12.6 Å². The monoisotopic (exact) mass is 214 g/mol. The summed E-state index contributed by atoms with van der Waals surface area (Å²) < 4.78 is 35.8. The standard InChI is InChI=1S/C10H9F3N2/c1-7-2-3-8(5-14)9(4-7)15-6-10(11,12)13/h2-4,15H,6H2,1H3. The Morgan fingerprint density at radius 1 is 1.40 bits per heavy atom. The van der Waals surface area contributed by atoms with Crippen molar-refractivity contribution < 1.29 is 13.2 Å². The molecular weight excluding hydrogens is 205 g/mol. The Morgan fingerprint density at radius 2 is 2.07 bits per heavy atom. The molecule has 0 bridgehead atoms. The molecule has 0 amide bonds. The minimum atomic E-state index is -4.28. The lowest BCUT2D eigenvalue weighted by molar-refractivity contribution is -0.115. The molecule has 0 spiro atoms. The molecule has 0 aromatic heterocycles. The molecule has 0 radical (unpaired) electrons. The van der Waals surface area contributed by atoms with Crippen molar-refractivity contribution in [2.75, 3.05) is 11.9 Å². The summed E-state index contributed by atoms with van der Waals surface area (Å²) >= 11 is 0. The summed E-state index contributed by atoms with van der Waals surface area (Å²) in [6.07, 6.45) is -4.28. The number of aryl methyl sites for hydroxylation is 1. The van der Waals surface area contributed by atoms with Gasteiger partial charge in [-0.3, -0.25) is 0 Å². The maximum atomic E-state index is 11.9. The molecule has 80 valence electrons. The molecule has 0 aliphatic heterocycles. The zero-order valence-corrected chi connectivity index (χ0v) is 8.02. The van der Waals surface area contributed by atoms with Crippen molar-refractivity contribution in [1.82, 2.24) is 0 Å². The summed E-state index contributed by atoms with van der Waals surface area (Å²) in [6.45, 7) is 0.616. The Hall–Kier alpha value is -1.70. The highest BCUT2D eigenvalue weighted by Crippen LogP contribution is 2.20. The van der Waals surface area contributed by atoms with Crippen molar-refractivity contribution in [1.29, 1.82) is 5.26 Å². The Morgan fingerprint density at radius 3 is 2.60 bits per heavy atom. The number of nitrogens with one attached hydrogen (secondary N) is 1. The van der Waals surface area contributed by atoms with Crippen LogP contribution in [-0.2, 0) is 0 Å². The molecule has 1 aromatic carbocycles. The highest BCUT2D eigenvalue weighted by Gasteiger charge is 2.26. The van der Waals surface area contributed by atoms with Crippen LogP contribution in [0.5, 0.6) is 0 Å². The molecule has 2 nitrogen and oxygen atoms in total. The highest BCUT2D eigenvalue weighted by molar-refractivity contribution is 5.58. The number of nitriles is 1. The van der Waals surface area contributed by atoms with Gasteiger partial charge in [0.05, 0.1) is 11.3 Å². The van der Waals surface area contributed by atoms with Gasteiger partial charge < -0.3 is 5.32 Å². The van der Waals surface area contributed by atoms with Crippen molar-refractivity contribution in [3.63, 3.8) is 0 Å². The van der Waals surface area contributed by atoms with Crippen LogP contribution in [-0.4, -0.2) is 12.7 Å². The van der Waals surface area contributed by atoms with E-state index in [1.54, 1.807) is 13.0 Å². The van der Waals surface area contributed by atoms with E-state index in [2.05, 4.69) is 5.32 Å². The number of anilines is 1. The van der Waals surface area contributed by atoms with Gasteiger partial charge in [-0.05, 0) is 24.6 Å². The van der Waals surface area contributed by atoms with Gasteiger partial charge in [0.25, 0.3) is 0 Å². The van der Waals surface area contributed by atoms with E-state index in [0.29, 0.717) is 0 Å². The first-order valence-corrected chi connectivity index (χ1v) is 4.24. The first-order chi connectivity index (χ1) is 6.92. The molecule has 0 saturated heterocycles. The van der Waals surface area contributed by atoms with Gasteiger partial charge in [0, 0.05) is 0 Å². The van der Waals surface area contributed by atoms with Gasteiger partial charge in [-0.2, -0.15) is 18.4 Å². The van der Waals surface area contributed by atoms with Gasteiger partial charge in [0.2, 0.25) is 0 Å². The van der Waals surface area contributed by atoms with Gasteiger partial charge in [0.15, 0.2) is 0 Å². The second kappa shape index (κ2) is 4.22. The number of nitrogens with zero attached hydrogens (tertiary/aromatic N) is 1. The lowest BCUT2D eigenvalue weighted by Crippen LogP contribution is -2.21. The van der Waals surface area contributed by atoms with Crippen molar-refractivity contribution >= 4 is 5.69 Å². The smallest absolute Gasteiger partial charge is 0.375 e. The van der Waals surface area contributed by atoms with Crippen LogP contribution in [0.1, 0.15) is 11.1 Å². The van der Waals surface area contributed by atoms with Crippen molar-refractivity contribution in [3.8, 4) is 6.07 Å². The van der Waals surface area contributed by atoms with Crippen LogP contribution in [0.15, 0.2) is 18.2 Å². The van der Waals surface area contributed by atoms with E-state index in [1.165, 1.54) is 12.1 Å². The van der Waals surface area contributed by atoms with Crippen molar-refractivity contribution in [2.45, 2.75) is 13.1 Å². The fourth-order valence-electron chi connectivity index (χ4n) is 1.10. The second-order valence-corrected chi connectivity index (χ2v) is 3.13. The third-order valence-corrected chi connectivity index (χ3v) is 1.77. The van der Waals surface area contributed by atoms with Gasteiger partial charge in [-0.1, -0.05) is 6.07 Å².